The van der Waals surface area contributed by atoms with E-state index in [1.54, 1.807) is 12.0 Å². The molecule has 7 heteroatoms. The van der Waals surface area contributed by atoms with Gasteiger partial charge in [0.25, 0.3) is 5.89 Å². The predicted molar refractivity (Wildman–Crippen MR) is 140 cm³/mol. The Hall–Kier alpha value is -4.39. The van der Waals surface area contributed by atoms with Crippen LogP contribution in [-0.4, -0.2) is 23.3 Å². The van der Waals surface area contributed by atoms with E-state index in [4.69, 9.17) is 14.2 Å². The van der Waals surface area contributed by atoms with Gasteiger partial charge in [0, 0.05) is 11.3 Å². The molecule has 0 fully saturated rings. The van der Waals surface area contributed by atoms with Gasteiger partial charge in [0.1, 0.15) is 5.75 Å². The van der Waals surface area contributed by atoms with Gasteiger partial charge in [-0.3, -0.25) is 4.90 Å². The van der Waals surface area contributed by atoms with Crippen molar-refractivity contribution >= 4 is 17.3 Å². The number of aryl methyl sites for hydroxylation is 2. The van der Waals surface area contributed by atoms with Crippen LogP contribution in [0, 0.1) is 6.92 Å². The Bertz CT molecular complexity index is 1440. The van der Waals surface area contributed by atoms with Crippen LogP contribution < -0.4 is 15.0 Å². The van der Waals surface area contributed by atoms with E-state index < -0.39 is 6.04 Å². The van der Waals surface area contributed by atoms with Crippen molar-refractivity contribution in [3.05, 3.63) is 101 Å². The number of carbonyl (C=O) groups excluding carboxylic acids is 1. The van der Waals surface area contributed by atoms with Crippen LogP contribution >= 0.6 is 0 Å². The average molecular weight is 481 g/mol. The van der Waals surface area contributed by atoms with Gasteiger partial charge in [-0.2, -0.15) is 4.98 Å². The van der Waals surface area contributed by atoms with E-state index in [9.17, 15) is 4.79 Å². The summed E-state index contributed by atoms with van der Waals surface area (Å²) in [4.78, 5) is 19.8. The second-order valence-corrected chi connectivity index (χ2v) is 8.81. The molecule has 5 rings (SSSR count). The topological polar surface area (TPSA) is 80.5 Å². The Morgan fingerprint density at radius 1 is 1.03 bits per heavy atom. The quantitative estimate of drug-likeness (QED) is 0.349. The largest absolute Gasteiger partial charge is 0.497 e. The highest BCUT2D eigenvalue weighted by molar-refractivity contribution is 6.01. The third-order valence-electron chi connectivity index (χ3n) is 6.45. The number of methoxy groups -OCH3 is 1. The maximum Gasteiger partial charge on any atom is 0.326 e. The normalized spacial score (nSPS) is 15.7. The lowest BCUT2D eigenvalue weighted by Crippen LogP contribution is -2.46. The van der Waals surface area contributed by atoms with E-state index in [1.165, 1.54) is 5.56 Å². The van der Waals surface area contributed by atoms with Crippen molar-refractivity contribution in [2.45, 2.75) is 33.2 Å². The Balaban J connectivity index is 1.64. The van der Waals surface area contributed by atoms with Crippen molar-refractivity contribution in [2.24, 2.45) is 0 Å². The summed E-state index contributed by atoms with van der Waals surface area (Å²) < 4.78 is 11.2. The summed E-state index contributed by atoms with van der Waals surface area (Å²) in [5, 5.41) is 7.41. The van der Waals surface area contributed by atoms with Crippen molar-refractivity contribution in [2.75, 3.05) is 12.0 Å². The van der Waals surface area contributed by atoms with Gasteiger partial charge in [0.05, 0.1) is 24.4 Å². The van der Waals surface area contributed by atoms with Crippen molar-refractivity contribution in [1.29, 1.82) is 0 Å². The monoisotopic (exact) mass is 480 g/mol. The second-order valence-electron chi connectivity index (χ2n) is 8.81. The predicted octanol–water partition coefficient (Wildman–Crippen LogP) is 6.32. The number of benzene rings is 3. The minimum Gasteiger partial charge on any atom is -0.497 e. The molecule has 0 bridgehead atoms. The zero-order chi connectivity index (χ0) is 25.2. The average Bonchev–Trinajstić information content (AvgIpc) is 3.38. The molecule has 4 aromatic rings. The van der Waals surface area contributed by atoms with Crippen LogP contribution in [0.4, 0.5) is 10.5 Å². The van der Waals surface area contributed by atoms with Crippen LogP contribution in [0.2, 0.25) is 0 Å². The summed E-state index contributed by atoms with van der Waals surface area (Å²) in [6.07, 6.45) is 0.959. The van der Waals surface area contributed by atoms with Gasteiger partial charge in [0.2, 0.25) is 5.82 Å². The van der Waals surface area contributed by atoms with Crippen LogP contribution in [0.5, 0.6) is 5.75 Å². The van der Waals surface area contributed by atoms with Gasteiger partial charge in [-0.25, -0.2) is 4.79 Å². The molecule has 1 atom stereocenters. The maximum absolute atomic E-state index is 13.4. The highest BCUT2D eigenvalue weighted by atomic mass is 16.5. The number of anilines is 1. The summed E-state index contributed by atoms with van der Waals surface area (Å²) in [5.74, 6) is 1.55. The number of nitrogens with zero attached hydrogens (tertiary/aromatic N) is 3. The third-order valence-corrected chi connectivity index (χ3v) is 6.45. The summed E-state index contributed by atoms with van der Waals surface area (Å²) in [6.45, 7) is 6.02. The van der Waals surface area contributed by atoms with Gasteiger partial charge < -0.3 is 14.6 Å². The Morgan fingerprint density at radius 2 is 1.81 bits per heavy atom. The van der Waals surface area contributed by atoms with Crippen molar-refractivity contribution < 1.29 is 14.1 Å². The molecular formula is C29H28N4O3. The van der Waals surface area contributed by atoms with E-state index >= 15 is 0 Å². The number of amides is 2. The number of hydrogen-bond donors (Lipinski definition) is 1. The fourth-order valence-electron chi connectivity index (χ4n) is 4.51. The molecule has 1 aliphatic rings. The van der Waals surface area contributed by atoms with E-state index in [0.29, 0.717) is 23.2 Å². The first-order chi connectivity index (χ1) is 17.5. The van der Waals surface area contributed by atoms with Crippen molar-refractivity contribution in [3.63, 3.8) is 0 Å². The Morgan fingerprint density at radius 3 is 2.53 bits per heavy atom. The van der Waals surface area contributed by atoms with E-state index in [0.717, 1.165) is 34.4 Å². The molecule has 182 valence electrons. The van der Waals surface area contributed by atoms with E-state index in [-0.39, 0.29) is 6.03 Å². The molecule has 36 heavy (non-hydrogen) atoms. The number of ether oxygens (including phenoxy) is 1. The van der Waals surface area contributed by atoms with Crippen LogP contribution in [0.25, 0.3) is 17.0 Å². The fraction of sp³-hybridized carbons (Fsp3) is 0.207. The molecule has 0 radical (unpaired) electrons. The van der Waals surface area contributed by atoms with Gasteiger partial charge in [-0.1, -0.05) is 60.6 Å². The minimum atomic E-state index is -0.496. The molecule has 1 N–H and O–H groups in total. The minimum absolute atomic E-state index is 0.232. The van der Waals surface area contributed by atoms with Crippen LogP contribution in [0.3, 0.4) is 0 Å². The fourth-order valence-corrected chi connectivity index (χ4v) is 4.51. The van der Waals surface area contributed by atoms with E-state index in [1.807, 2.05) is 74.5 Å². The number of carbonyl (C=O) groups is 1. The smallest absolute Gasteiger partial charge is 0.326 e. The Kier molecular flexibility index (Phi) is 6.29. The molecule has 1 aliphatic heterocycles. The number of rotatable bonds is 6. The number of urea groups is 1. The van der Waals surface area contributed by atoms with Crippen molar-refractivity contribution in [3.8, 4) is 17.1 Å². The first kappa shape index (κ1) is 23.4. The molecule has 0 aliphatic carbocycles. The maximum atomic E-state index is 13.4. The molecule has 0 saturated carbocycles. The summed E-state index contributed by atoms with van der Waals surface area (Å²) in [7, 11) is 1.62. The third kappa shape index (κ3) is 4.35. The first-order valence-corrected chi connectivity index (χ1v) is 11.9. The first-order valence-electron chi connectivity index (χ1n) is 11.9. The van der Waals surface area contributed by atoms with Crippen LogP contribution in [-0.2, 0) is 6.42 Å². The van der Waals surface area contributed by atoms with Crippen LogP contribution in [0.1, 0.15) is 42.5 Å². The van der Waals surface area contributed by atoms with Gasteiger partial charge >= 0.3 is 6.03 Å². The lowest BCUT2D eigenvalue weighted by Gasteiger charge is -2.35. The molecule has 2 heterocycles. The number of nitrogens with one attached hydrogen (secondary N) is 1. The number of aromatic nitrogens is 2. The van der Waals surface area contributed by atoms with Gasteiger partial charge in [-0.05, 0) is 61.2 Å². The lowest BCUT2D eigenvalue weighted by atomic mass is 9.94. The standard InChI is InChI=1S/C29H28N4O3/c1-5-20-12-14-21(15-13-20)27-31-28(36-32-27)25-19(3)33(23-10-6-8-18(2)16-23)29(34)30-26(25)22-9-7-11-24(17-22)35-4/h6-17,26H,5H2,1-4H3,(H,30,34). The van der Waals surface area contributed by atoms with Crippen LogP contribution in [0.15, 0.2) is 83.0 Å². The van der Waals surface area contributed by atoms with E-state index in [2.05, 4.69) is 29.5 Å². The van der Waals surface area contributed by atoms with Crippen molar-refractivity contribution in [1.82, 2.24) is 15.5 Å². The molecule has 2 amide bonds. The number of allylic oxidation sites excluding steroid dienone is 1. The summed E-state index contributed by atoms with van der Waals surface area (Å²) in [5.41, 5.74) is 6.23. The zero-order valence-electron chi connectivity index (χ0n) is 20.8. The molecule has 0 saturated heterocycles. The van der Waals surface area contributed by atoms with Gasteiger partial charge in [0.15, 0.2) is 0 Å². The Labute approximate surface area is 210 Å². The zero-order valence-corrected chi connectivity index (χ0v) is 20.8. The molecule has 1 unspecified atom stereocenters. The highest BCUT2D eigenvalue weighted by Gasteiger charge is 2.36. The molecule has 1 aromatic heterocycles. The second kappa shape index (κ2) is 9.70. The molecule has 3 aromatic carbocycles. The molecular weight excluding hydrogens is 452 g/mol. The summed E-state index contributed by atoms with van der Waals surface area (Å²) in [6, 6.07) is 22.8. The van der Waals surface area contributed by atoms with Gasteiger partial charge in [-0.15, -0.1) is 0 Å². The molecule has 7 nitrogen and oxygen atoms in total. The number of hydrogen-bond acceptors (Lipinski definition) is 5. The lowest BCUT2D eigenvalue weighted by molar-refractivity contribution is 0.244. The SMILES string of the molecule is CCc1ccc(-c2noc(C3=C(C)N(c4cccc(C)c4)C(=O)NC3c3cccc(OC)c3)n2)cc1. The summed E-state index contributed by atoms with van der Waals surface area (Å²) >= 11 is 0. The molecule has 0 spiro atoms. The highest BCUT2D eigenvalue weighted by Crippen LogP contribution is 2.39.